The summed E-state index contributed by atoms with van der Waals surface area (Å²) in [6.07, 6.45) is 5.92. The molecule has 6 heteroatoms. The van der Waals surface area contributed by atoms with Crippen molar-refractivity contribution in [2.75, 3.05) is 31.1 Å². The summed E-state index contributed by atoms with van der Waals surface area (Å²) in [5.41, 5.74) is 0. The summed E-state index contributed by atoms with van der Waals surface area (Å²) < 4.78 is 22.9. The molecule has 120 valence electrons. The fraction of sp³-hybridized carbons (Fsp3) is 0.933. The van der Waals surface area contributed by atoms with Crippen molar-refractivity contribution in [3.63, 3.8) is 0 Å². The lowest BCUT2D eigenvalue weighted by atomic mass is 9.99. The minimum absolute atomic E-state index is 0.241. The molecule has 3 fully saturated rings. The third-order valence-electron chi connectivity index (χ3n) is 4.99. The molecule has 5 nitrogen and oxygen atoms in total. The van der Waals surface area contributed by atoms with E-state index in [1.54, 1.807) is 0 Å². The van der Waals surface area contributed by atoms with E-state index in [2.05, 4.69) is 10.2 Å². The predicted octanol–water partition coefficient (Wildman–Crippen LogP) is 0.802. The molecule has 0 aromatic heterocycles. The van der Waals surface area contributed by atoms with Crippen molar-refractivity contribution in [1.29, 1.82) is 0 Å². The highest BCUT2D eigenvalue weighted by molar-refractivity contribution is 7.91. The molecule has 3 rings (SSSR count). The number of nitrogens with one attached hydrogen (secondary N) is 1. The maximum absolute atomic E-state index is 11.8. The Labute approximate surface area is 127 Å². The first-order valence-electron chi connectivity index (χ1n) is 8.25. The Kier molecular flexibility index (Phi) is 4.54. The van der Waals surface area contributed by atoms with Crippen LogP contribution in [0.15, 0.2) is 0 Å². The van der Waals surface area contributed by atoms with Crippen LogP contribution in [0.1, 0.15) is 38.5 Å². The van der Waals surface area contributed by atoms with Gasteiger partial charge in [0.15, 0.2) is 0 Å². The van der Waals surface area contributed by atoms with Crippen molar-refractivity contribution in [2.45, 2.75) is 44.6 Å². The SMILES string of the molecule is O=C(NC1CCCN(CC2CCS(=O)(=O)CC2)C1)C1CC1. The summed E-state index contributed by atoms with van der Waals surface area (Å²) >= 11 is 0. The van der Waals surface area contributed by atoms with Crippen molar-refractivity contribution in [2.24, 2.45) is 11.8 Å². The van der Waals surface area contributed by atoms with Gasteiger partial charge in [-0.15, -0.1) is 0 Å². The number of rotatable bonds is 4. The number of sulfone groups is 1. The van der Waals surface area contributed by atoms with Crippen LogP contribution in [0.2, 0.25) is 0 Å². The fourth-order valence-electron chi connectivity index (χ4n) is 3.49. The zero-order valence-corrected chi connectivity index (χ0v) is 13.4. The first kappa shape index (κ1) is 15.3. The smallest absolute Gasteiger partial charge is 0.223 e. The molecular formula is C15H26N2O3S. The molecule has 1 unspecified atom stereocenters. The van der Waals surface area contributed by atoms with Gasteiger partial charge >= 0.3 is 0 Å². The molecule has 2 heterocycles. The summed E-state index contributed by atoms with van der Waals surface area (Å²) in [5.74, 6) is 1.74. The molecule has 2 aliphatic heterocycles. The Balaban J connectivity index is 1.44. The molecule has 1 N–H and O–H groups in total. The summed E-state index contributed by atoms with van der Waals surface area (Å²) in [5, 5.41) is 3.18. The van der Waals surface area contributed by atoms with E-state index in [-0.39, 0.29) is 11.8 Å². The van der Waals surface area contributed by atoms with Crippen LogP contribution in [-0.2, 0) is 14.6 Å². The number of amides is 1. The Morgan fingerprint density at radius 1 is 1.10 bits per heavy atom. The second-order valence-corrected chi connectivity index (χ2v) is 9.28. The minimum atomic E-state index is -2.76. The van der Waals surface area contributed by atoms with Crippen LogP contribution in [0.25, 0.3) is 0 Å². The first-order valence-corrected chi connectivity index (χ1v) is 10.1. The number of hydrogen-bond acceptors (Lipinski definition) is 4. The molecule has 1 atom stereocenters. The number of carbonyl (C=O) groups excluding carboxylic acids is 1. The number of likely N-dealkylation sites (tertiary alicyclic amines) is 1. The van der Waals surface area contributed by atoms with Gasteiger partial charge in [0.05, 0.1) is 11.5 Å². The summed E-state index contributed by atoms with van der Waals surface area (Å²) in [6, 6.07) is 0.291. The van der Waals surface area contributed by atoms with Crippen molar-refractivity contribution in [3.8, 4) is 0 Å². The van der Waals surface area contributed by atoms with Crippen LogP contribution in [0.3, 0.4) is 0 Å². The molecule has 1 amide bonds. The van der Waals surface area contributed by atoms with Crippen LogP contribution in [-0.4, -0.2) is 56.4 Å². The van der Waals surface area contributed by atoms with Gasteiger partial charge in [0.1, 0.15) is 9.84 Å². The van der Waals surface area contributed by atoms with Crippen molar-refractivity contribution in [1.82, 2.24) is 10.2 Å². The van der Waals surface area contributed by atoms with Gasteiger partial charge in [0.25, 0.3) is 0 Å². The molecular weight excluding hydrogens is 288 g/mol. The molecule has 0 spiro atoms. The van der Waals surface area contributed by atoms with Crippen LogP contribution in [0, 0.1) is 11.8 Å². The number of nitrogens with zero attached hydrogens (tertiary/aromatic N) is 1. The van der Waals surface area contributed by atoms with Gasteiger partial charge < -0.3 is 10.2 Å². The van der Waals surface area contributed by atoms with Gasteiger partial charge in [-0.05, 0) is 51.0 Å². The molecule has 2 saturated heterocycles. The number of piperidine rings is 1. The van der Waals surface area contributed by atoms with E-state index in [9.17, 15) is 13.2 Å². The third-order valence-corrected chi connectivity index (χ3v) is 6.71. The predicted molar refractivity (Wildman–Crippen MR) is 81.7 cm³/mol. The van der Waals surface area contributed by atoms with Gasteiger partial charge in [0.2, 0.25) is 5.91 Å². The summed E-state index contributed by atoms with van der Waals surface area (Å²) in [7, 11) is -2.76. The number of carbonyl (C=O) groups is 1. The van der Waals surface area contributed by atoms with E-state index in [0.29, 0.717) is 23.5 Å². The van der Waals surface area contributed by atoms with Crippen LogP contribution in [0.4, 0.5) is 0 Å². The van der Waals surface area contributed by atoms with Crippen LogP contribution in [0.5, 0.6) is 0 Å². The largest absolute Gasteiger partial charge is 0.352 e. The topological polar surface area (TPSA) is 66.5 Å². The lowest BCUT2D eigenvalue weighted by Gasteiger charge is -2.36. The van der Waals surface area contributed by atoms with Gasteiger partial charge in [-0.1, -0.05) is 0 Å². The molecule has 0 radical (unpaired) electrons. The first-order chi connectivity index (χ1) is 10.0. The second-order valence-electron chi connectivity index (χ2n) is 6.98. The molecule has 3 aliphatic rings. The Morgan fingerprint density at radius 2 is 1.81 bits per heavy atom. The highest BCUT2D eigenvalue weighted by atomic mass is 32.2. The highest BCUT2D eigenvalue weighted by Crippen LogP contribution is 2.29. The quantitative estimate of drug-likeness (QED) is 0.833. The van der Waals surface area contributed by atoms with Crippen molar-refractivity contribution >= 4 is 15.7 Å². The maximum Gasteiger partial charge on any atom is 0.223 e. The second kappa shape index (κ2) is 6.24. The van der Waals surface area contributed by atoms with Gasteiger partial charge in [0, 0.05) is 25.0 Å². The van der Waals surface area contributed by atoms with E-state index < -0.39 is 9.84 Å². The Morgan fingerprint density at radius 3 is 2.48 bits per heavy atom. The molecule has 0 bridgehead atoms. The minimum Gasteiger partial charge on any atom is -0.352 e. The zero-order chi connectivity index (χ0) is 14.9. The van der Waals surface area contributed by atoms with Crippen LogP contribution >= 0.6 is 0 Å². The van der Waals surface area contributed by atoms with E-state index in [1.165, 1.54) is 0 Å². The van der Waals surface area contributed by atoms with Gasteiger partial charge in [-0.2, -0.15) is 0 Å². The van der Waals surface area contributed by atoms with Crippen molar-refractivity contribution < 1.29 is 13.2 Å². The van der Waals surface area contributed by atoms with Crippen LogP contribution < -0.4 is 5.32 Å². The monoisotopic (exact) mass is 314 g/mol. The lowest BCUT2D eigenvalue weighted by Crippen LogP contribution is -2.49. The average molecular weight is 314 g/mol. The summed E-state index contributed by atoms with van der Waals surface area (Å²) in [4.78, 5) is 14.3. The Hall–Kier alpha value is -0.620. The fourth-order valence-corrected chi connectivity index (χ4v) is 5.08. The maximum atomic E-state index is 11.8. The third kappa shape index (κ3) is 4.42. The summed E-state index contributed by atoms with van der Waals surface area (Å²) in [6.45, 7) is 3.01. The van der Waals surface area contributed by atoms with Gasteiger partial charge in [-0.25, -0.2) is 8.42 Å². The highest BCUT2D eigenvalue weighted by Gasteiger charge is 2.32. The van der Waals surface area contributed by atoms with E-state index in [0.717, 1.165) is 58.2 Å². The standard InChI is InChI=1S/C15H26N2O3S/c18-15(13-3-4-13)16-14-2-1-7-17(11-14)10-12-5-8-21(19,20)9-6-12/h12-14H,1-11H2,(H,16,18). The van der Waals surface area contributed by atoms with E-state index in [4.69, 9.17) is 0 Å². The normalized spacial score (nSPS) is 31.0. The van der Waals surface area contributed by atoms with E-state index in [1.807, 2.05) is 0 Å². The van der Waals surface area contributed by atoms with Gasteiger partial charge in [-0.3, -0.25) is 4.79 Å². The molecule has 21 heavy (non-hydrogen) atoms. The molecule has 1 saturated carbocycles. The molecule has 1 aliphatic carbocycles. The lowest BCUT2D eigenvalue weighted by molar-refractivity contribution is -0.123. The zero-order valence-electron chi connectivity index (χ0n) is 12.6. The molecule has 0 aromatic carbocycles. The Bertz CT molecular complexity index is 473. The number of hydrogen-bond donors (Lipinski definition) is 1. The van der Waals surface area contributed by atoms with E-state index >= 15 is 0 Å². The van der Waals surface area contributed by atoms with Crippen molar-refractivity contribution in [3.05, 3.63) is 0 Å². The molecule has 0 aromatic rings. The average Bonchev–Trinajstić information content (AvgIpc) is 3.26.